The Morgan fingerprint density at radius 3 is 2.68 bits per heavy atom. The number of carbonyl (C=O) groups excluding carboxylic acids is 3. The topological polar surface area (TPSA) is 124 Å². The number of amides is 2. The first-order chi connectivity index (χ1) is 21.4. The van der Waals surface area contributed by atoms with E-state index in [1.165, 1.54) is 23.1 Å². The second-order valence-electron chi connectivity index (χ2n) is 10.2. The van der Waals surface area contributed by atoms with E-state index in [1.54, 1.807) is 45.2 Å². The Kier molecular flexibility index (Phi) is 10.3. The van der Waals surface area contributed by atoms with E-state index < -0.39 is 11.2 Å². The van der Waals surface area contributed by atoms with E-state index in [0.717, 1.165) is 35.3 Å². The fourth-order valence-electron chi connectivity index (χ4n) is 5.01. The molecule has 5 rings (SSSR count). The maximum atomic E-state index is 13.4. The quantitative estimate of drug-likeness (QED) is 0.150. The molecule has 2 aromatic heterocycles. The summed E-state index contributed by atoms with van der Waals surface area (Å²) >= 11 is 2.74. The van der Waals surface area contributed by atoms with Crippen LogP contribution in [0.4, 0.5) is 5.00 Å². The SMILES string of the molecule is CCOC(=O)c1c(NC(=O)[C@H](C)Sc2nnc(CNC(=O)c3cccc(OC)c3)n2CCc2ccccc2)sc2c1CCC2. The number of thioether (sulfide) groups is 1. The summed E-state index contributed by atoms with van der Waals surface area (Å²) in [6, 6.07) is 17.0. The van der Waals surface area contributed by atoms with Crippen molar-refractivity contribution >= 4 is 45.9 Å². The van der Waals surface area contributed by atoms with Crippen LogP contribution in [0.2, 0.25) is 0 Å². The van der Waals surface area contributed by atoms with Crippen molar-refractivity contribution in [3.8, 4) is 5.75 Å². The zero-order valence-corrected chi connectivity index (χ0v) is 26.6. The number of aryl methyl sites for hydroxylation is 2. The van der Waals surface area contributed by atoms with Crippen LogP contribution in [0, 0.1) is 0 Å². The third-order valence-electron chi connectivity index (χ3n) is 7.29. The number of nitrogens with zero attached hydrogens (tertiary/aromatic N) is 3. The van der Waals surface area contributed by atoms with Crippen LogP contribution in [0.25, 0.3) is 0 Å². The Bertz CT molecular complexity index is 1640. The summed E-state index contributed by atoms with van der Waals surface area (Å²) < 4.78 is 12.5. The summed E-state index contributed by atoms with van der Waals surface area (Å²) in [6.45, 7) is 4.55. The van der Waals surface area contributed by atoms with Crippen LogP contribution in [0.1, 0.15) is 62.8 Å². The van der Waals surface area contributed by atoms with Crippen LogP contribution >= 0.6 is 23.1 Å². The molecule has 2 N–H and O–H groups in total. The lowest BCUT2D eigenvalue weighted by Gasteiger charge is -2.15. The normalized spacial score (nSPS) is 12.8. The number of benzene rings is 2. The van der Waals surface area contributed by atoms with Crippen molar-refractivity contribution < 1.29 is 23.9 Å². The minimum atomic E-state index is -0.541. The number of rotatable bonds is 13. The number of esters is 1. The second kappa shape index (κ2) is 14.5. The summed E-state index contributed by atoms with van der Waals surface area (Å²) in [5, 5.41) is 15.2. The average molecular weight is 634 g/mol. The molecule has 10 nitrogen and oxygen atoms in total. The molecule has 4 aromatic rings. The highest BCUT2D eigenvalue weighted by Crippen LogP contribution is 2.40. The van der Waals surface area contributed by atoms with Crippen molar-refractivity contribution in [2.45, 2.75) is 63.0 Å². The molecule has 2 heterocycles. The number of fused-ring (bicyclic) bond motifs is 1. The highest BCUT2D eigenvalue weighted by molar-refractivity contribution is 8.00. The van der Waals surface area contributed by atoms with E-state index in [-0.39, 0.29) is 25.0 Å². The molecular formula is C32H35N5O5S2. The number of anilines is 1. The molecule has 0 saturated heterocycles. The van der Waals surface area contributed by atoms with Gasteiger partial charge in [0.15, 0.2) is 11.0 Å². The largest absolute Gasteiger partial charge is 0.497 e. The van der Waals surface area contributed by atoms with Gasteiger partial charge < -0.3 is 24.7 Å². The molecule has 12 heteroatoms. The van der Waals surface area contributed by atoms with Gasteiger partial charge in [-0.2, -0.15) is 0 Å². The van der Waals surface area contributed by atoms with E-state index in [2.05, 4.69) is 33.0 Å². The van der Waals surface area contributed by atoms with Gasteiger partial charge in [-0.1, -0.05) is 48.2 Å². The Morgan fingerprint density at radius 1 is 1.09 bits per heavy atom. The Morgan fingerprint density at radius 2 is 1.91 bits per heavy atom. The van der Waals surface area contributed by atoms with E-state index in [0.29, 0.717) is 45.8 Å². The zero-order valence-electron chi connectivity index (χ0n) is 24.9. The van der Waals surface area contributed by atoms with Crippen molar-refractivity contribution in [3.63, 3.8) is 0 Å². The van der Waals surface area contributed by atoms with Gasteiger partial charge in [-0.15, -0.1) is 21.5 Å². The van der Waals surface area contributed by atoms with Crippen LogP contribution < -0.4 is 15.4 Å². The molecule has 44 heavy (non-hydrogen) atoms. The van der Waals surface area contributed by atoms with Gasteiger partial charge in [-0.25, -0.2) is 4.79 Å². The van der Waals surface area contributed by atoms with E-state index in [9.17, 15) is 14.4 Å². The summed E-state index contributed by atoms with van der Waals surface area (Å²) in [5.74, 6) is 0.265. The number of hydrogen-bond donors (Lipinski definition) is 2. The van der Waals surface area contributed by atoms with Gasteiger partial charge in [0.25, 0.3) is 5.91 Å². The van der Waals surface area contributed by atoms with Crippen LogP contribution in [-0.4, -0.2) is 51.5 Å². The Labute approximate surface area is 264 Å². The number of ether oxygens (including phenoxy) is 2. The first-order valence-electron chi connectivity index (χ1n) is 14.5. The lowest BCUT2D eigenvalue weighted by Crippen LogP contribution is -2.26. The molecule has 0 saturated carbocycles. The number of hydrogen-bond acceptors (Lipinski definition) is 9. The Hall–Kier alpha value is -4.16. The Balaban J connectivity index is 1.31. The molecular weight excluding hydrogens is 599 g/mol. The maximum absolute atomic E-state index is 13.4. The summed E-state index contributed by atoms with van der Waals surface area (Å²) in [5.41, 5.74) is 3.09. The molecule has 0 bridgehead atoms. The van der Waals surface area contributed by atoms with Crippen LogP contribution in [0.3, 0.4) is 0 Å². The molecule has 0 spiro atoms. The predicted molar refractivity (Wildman–Crippen MR) is 171 cm³/mol. The van der Waals surface area contributed by atoms with E-state index in [1.807, 2.05) is 22.8 Å². The maximum Gasteiger partial charge on any atom is 0.341 e. The fraction of sp³-hybridized carbons (Fsp3) is 0.344. The monoisotopic (exact) mass is 633 g/mol. The molecule has 230 valence electrons. The molecule has 2 amide bonds. The highest BCUT2D eigenvalue weighted by atomic mass is 32.2. The first-order valence-corrected chi connectivity index (χ1v) is 16.2. The van der Waals surface area contributed by atoms with Crippen molar-refractivity contribution in [1.82, 2.24) is 20.1 Å². The number of methoxy groups -OCH3 is 1. The number of carbonyl (C=O) groups is 3. The first kappa shape index (κ1) is 31.3. The fourth-order valence-corrected chi connectivity index (χ4v) is 7.18. The second-order valence-corrected chi connectivity index (χ2v) is 12.6. The molecule has 1 atom stereocenters. The van der Waals surface area contributed by atoms with Crippen molar-refractivity contribution in [2.75, 3.05) is 19.0 Å². The van der Waals surface area contributed by atoms with Crippen molar-refractivity contribution in [3.05, 3.63) is 87.6 Å². The molecule has 0 fully saturated rings. The summed E-state index contributed by atoms with van der Waals surface area (Å²) in [7, 11) is 1.55. The third kappa shape index (κ3) is 7.31. The van der Waals surface area contributed by atoms with Gasteiger partial charge in [0.1, 0.15) is 10.8 Å². The van der Waals surface area contributed by atoms with E-state index in [4.69, 9.17) is 9.47 Å². The van der Waals surface area contributed by atoms with Gasteiger partial charge in [-0.05, 0) is 68.9 Å². The highest BCUT2D eigenvalue weighted by Gasteiger charge is 2.30. The molecule has 1 aliphatic rings. The zero-order chi connectivity index (χ0) is 31.1. The average Bonchev–Trinajstić information content (AvgIpc) is 3.74. The molecule has 0 aliphatic heterocycles. The van der Waals surface area contributed by atoms with Crippen LogP contribution in [-0.2, 0) is 41.9 Å². The smallest absolute Gasteiger partial charge is 0.341 e. The van der Waals surface area contributed by atoms with Gasteiger partial charge in [0.2, 0.25) is 5.91 Å². The van der Waals surface area contributed by atoms with Gasteiger partial charge in [0.05, 0.1) is 31.1 Å². The summed E-state index contributed by atoms with van der Waals surface area (Å²) in [4.78, 5) is 40.2. The third-order valence-corrected chi connectivity index (χ3v) is 9.58. The molecule has 1 aliphatic carbocycles. The number of aromatic nitrogens is 3. The van der Waals surface area contributed by atoms with Crippen molar-refractivity contribution in [1.29, 1.82) is 0 Å². The van der Waals surface area contributed by atoms with E-state index >= 15 is 0 Å². The molecule has 0 radical (unpaired) electrons. The number of thiophene rings is 1. The standard InChI is InChI=1S/C32H35N5O5S2/c1-4-42-31(40)27-24-14-9-15-25(24)44-30(27)34-28(38)20(2)43-32-36-35-26(37(32)17-16-21-10-6-5-7-11-21)19-33-29(39)22-12-8-13-23(18-22)41-3/h5-8,10-13,18,20H,4,9,14-17,19H2,1-3H3,(H,33,39)(H,34,38)/t20-/m0/s1. The molecule has 0 unspecified atom stereocenters. The van der Waals surface area contributed by atoms with Crippen LogP contribution in [0.5, 0.6) is 5.75 Å². The van der Waals surface area contributed by atoms with Gasteiger partial charge in [0, 0.05) is 17.0 Å². The minimum absolute atomic E-state index is 0.155. The minimum Gasteiger partial charge on any atom is -0.497 e. The predicted octanol–water partition coefficient (Wildman–Crippen LogP) is 5.31. The lowest BCUT2D eigenvalue weighted by molar-refractivity contribution is -0.115. The van der Waals surface area contributed by atoms with Gasteiger partial charge >= 0.3 is 5.97 Å². The summed E-state index contributed by atoms with van der Waals surface area (Å²) in [6.07, 6.45) is 3.42. The lowest BCUT2D eigenvalue weighted by atomic mass is 10.1. The number of nitrogens with one attached hydrogen (secondary N) is 2. The van der Waals surface area contributed by atoms with Crippen molar-refractivity contribution in [2.24, 2.45) is 0 Å². The molecule has 2 aromatic carbocycles. The van der Waals surface area contributed by atoms with Gasteiger partial charge in [-0.3, -0.25) is 9.59 Å². The van der Waals surface area contributed by atoms with Crippen LogP contribution in [0.15, 0.2) is 59.8 Å².